The van der Waals surface area contributed by atoms with Crippen LogP contribution in [0, 0.1) is 3.95 Å². The number of fused-ring (bicyclic) bond motifs is 3. The number of aromatic nitrogens is 2. The van der Waals surface area contributed by atoms with Crippen LogP contribution in [0.4, 0.5) is 5.69 Å². The molecule has 0 saturated carbocycles. The number of carbonyl (C=O) groups excluding carboxylic acids is 1. The Hall–Kier alpha value is -2.19. The molecule has 4 aromatic rings. The summed E-state index contributed by atoms with van der Waals surface area (Å²) >= 11 is 18.5. The standard InChI is InChI=1S/C17H9Cl2N3O2S2/c18-8-5-9(19)7-10(6-8)20-16(24)13-14-21-15(23)11-3-1-2-4-12(11)22(14)17(25)26-13/h1-7H,(H,20,24)(H,21,23). The number of para-hydroxylation sites is 1. The van der Waals surface area contributed by atoms with Crippen molar-refractivity contribution in [2.75, 3.05) is 5.32 Å². The Balaban J connectivity index is 1.88. The molecule has 0 fully saturated rings. The van der Waals surface area contributed by atoms with E-state index in [-0.39, 0.29) is 5.56 Å². The zero-order chi connectivity index (χ0) is 18.4. The first-order valence-electron chi connectivity index (χ1n) is 7.38. The Bertz CT molecular complexity index is 1290. The minimum Gasteiger partial charge on any atom is -0.321 e. The first-order valence-corrected chi connectivity index (χ1v) is 9.36. The molecule has 26 heavy (non-hydrogen) atoms. The number of benzene rings is 2. The fourth-order valence-corrected chi connectivity index (χ4v) is 4.51. The number of hydrogen-bond donors (Lipinski definition) is 2. The van der Waals surface area contributed by atoms with E-state index in [4.69, 9.17) is 35.4 Å². The van der Waals surface area contributed by atoms with Gasteiger partial charge in [0.15, 0.2) is 3.95 Å². The van der Waals surface area contributed by atoms with E-state index in [0.717, 1.165) is 11.3 Å². The summed E-state index contributed by atoms with van der Waals surface area (Å²) in [4.78, 5) is 28.2. The topological polar surface area (TPSA) is 66.4 Å². The number of thiazole rings is 1. The number of nitrogens with zero attached hydrogens (tertiary/aromatic N) is 1. The van der Waals surface area contributed by atoms with Gasteiger partial charge in [-0.1, -0.05) is 46.7 Å². The van der Waals surface area contributed by atoms with Gasteiger partial charge in [-0.3, -0.25) is 14.0 Å². The maximum atomic E-state index is 12.7. The summed E-state index contributed by atoms with van der Waals surface area (Å²) in [6.07, 6.45) is 0. The van der Waals surface area contributed by atoms with Crippen molar-refractivity contribution in [2.24, 2.45) is 0 Å². The third kappa shape index (κ3) is 2.93. The van der Waals surface area contributed by atoms with E-state index < -0.39 is 5.91 Å². The van der Waals surface area contributed by atoms with Crippen LogP contribution in [0.1, 0.15) is 9.67 Å². The van der Waals surface area contributed by atoms with Gasteiger partial charge in [-0.2, -0.15) is 0 Å². The summed E-state index contributed by atoms with van der Waals surface area (Å²) in [6, 6.07) is 11.8. The van der Waals surface area contributed by atoms with E-state index in [1.807, 2.05) is 6.07 Å². The molecule has 2 aromatic carbocycles. The van der Waals surface area contributed by atoms with Gasteiger partial charge in [-0.05, 0) is 42.5 Å². The largest absolute Gasteiger partial charge is 0.321 e. The van der Waals surface area contributed by atoms with E-state index in [2.05, 4.69) is 10.3 Å². The Morgan fingerprint density at radius 3 is 2.58 bits per heavy atom. The molecule has 0 radical (unpaired) electrons. The summed E-state index contributed by atoms with van der Waals surface area (Å²) in [5.41, 5.74) is 1.17. The number of nitrogens with one attached hydrogen (secondary N) is 2. The van der Waals surface area contributed by atoms with Gasteiger partial charge in [-0.25, -0.2) is 0 Å². The third-order valence-corrected chi connectivity index (χ3v) is 5.57. The number of amides is 1. The summed E-state index contributed by atoms with van der Waals surface area (Å²) in [6.45, 7) is 0. The first-order chi connectivity index (χ1) is 12.4. The lowest BCUT2D eigenvalue weighted by atomic mass is 10.2. The van der Waals surface area contributed by atoms with E-state index >= 15 is 0 Å². The molecule has 9 heteroatoms. The van der Waals surface area contributed by atoms with Crippen molar-refractivity contribution in [1.82, 2.24) is 9.38 Å². The molecular weight excluding hydrogens is 413 g/mol. The van der Waals surface area contributed by atoms with E-state index in [0.29, 0.717) is 41.1 Å². The molecule has 0 unspecified atom stereocenters. The normalized spacial score (nSPS) is 11.2. The van der Waals surface area contributed by atoms with Crippen molar-refractivity contribution in [3.8, 4) is 0 Å². The molecule has 0 aliphatic carbocycles. The lowest BCUT2D eigenvalue weighted by Crippen LogP contribution is -2.14. The second-order valence-electron chi connectivity index (χ2n) is 5.46. The molecule has 2 aromatic heterocycles. The Morgan fingerprint density at radius 2 is 1.85 bits per heavy atom. The summed E-state index contributed by atoms with van der Waals surface area (Å²) in [5.74, 6) is -0.409. The fourth-order valence-electron chi connectivity index (χ4n) is 2.71. The number of H-pyrrole nitrogens is 1. The minimum absolute atomic E-state index is 0.284. The van der Waals surface area contributed by atoms with Gasteiger partial charge in [0.25, 0.3) is 11.5 Å². The third-order valence-electron chi connectivity index (χ3n) is 3.76. The highest BCUT2D eigenvalue weighted by molar-refractivity contribution is 7.73. The molecule has 0 spiro atoms. The molecular formula is C17H9Cl2N3O2S2. The van der Waals surface area contributed by atoms with Crippen LogP contribution in [0.3, 0.4) is 0 Å². The molecule has 1 amide bonds. The predicted octanol–water partition coefficient (Wildman–Crippen LogP) is 5.13. The highest BCUT2D eigenvalue weighted by Gasteiger charge is 2.18. The van der Waals surface area contributed by atoms with Gasteiger partial charge in [0.2, 0.25) is 0 Å². The number of aromatic amines is 1. The summed E-state index contributed by atoms with van der Waals surface area (Å²) in [7, 11) is 0. The van der Waals surface area contributed by atoms with Crippen molar-refractivity contribution in [2.45, 2.75) is 0 Å². The van der Waals surface area contributed by atoms with Crippen LogP contribution < -0.4 is 10.9 Å². The highest BCUT2D eigenvalue weighted by Crippen LogP contribution is 2.26. The number of halogens is 2. The molecule has 2 N–H and O–H groups in total. The molecule has 5 nitrogen and oxygen atoms in total. The molecule has 2 heterocycles. The predicted molar refractivity (Wildman–Crippen MR) is 109 cm³/mol. The van der Waals surface area contributed by atoms with Crippen molar-refractivity contribution >= 4 is 74.9 Å². The number of anilines is 1. The SMILES string of the molecule is O=C(Nc1cc(Cl)cc(Cl)c1)c1sc(=S)n2c1[nH]c(=O)c1ccccc12. The maximum Gasteiger partial charge on any atom is 0.269 e. The Labute approximate surface area is 165 Å². The van der Waals surface area contributed by atoms with Crippen LogP contribution in [0.15, 0.2) is 47.3 Å². The van der Waals surface area contributed by atoms with E-state index in [1.165, 1.54) is 0 Å². The zero-order valence-corrected chi connectivity index (χ0v) is 16.0. The molecule has 0 aliphatic rings. The highest BCUT2D eigenvalue weighted by atomic mass is 35.5. The smallest absolute Gasteiger partial charge is 0.269 e. The average Bonchev–Trinajstić information content (AvgIpc) is 2.91. The molecule has 0 atom stereocenters. The van der Waals surface area contributed by atoms with Gasteiger partial charge in [0.05, 0.1) is 10.9 Å². The summed E-state index contributed by atoms with van der Waals surface area (Å²) < 4.78 is 2.15. The van der Waals surface area contributed by atoms with Crippen molar-refractivity contribution in [1.29, 1.82) is 0 Å². The second kappa shape index (κ2) is 6.51. The number of hydrogen-bond acceptors (Lipinski definition) is 4. The molecule has 0 bridgehead atoms. The van der Waals surface area contributed by atoms with Crippen LogP contribution in [0.2, 0.25) is 10.0 Å². The van der Waals surface area contributed by atoms with Gasteiger partial charge < -0.3 is 10.3 Å². The number of carbonyl (C=O) groups is 1. The van der Waals surface area contributed by atoms with Gasteiger partial charge in [-0.15, -0.1) is 0 Å². The minimum atomic E-state index is -0.409. The lowest BCUT2D eigenvalue weighted by Gasteiger charge is -2.06. The number of rotatable bonds is 2. The zero-order valence-electron chi connectivity index (χ0n) is 12.9. The van der Waals surface area contributed by atoms with Crippen LogP contribution in [0.25, 0.3) is 16.6 Å². The monoisotopic (exact) mass is 421 g/mol. The quantitative estimate of drug-likeness (QED) is 0.440. The van der Waals surface area contributed by atoms with Gasteiger partial charge >= 0.3 is 0 Å². The second-order valence-corrected chi connectivity index (χ2v) is 7.98. The molecule has 130 valence electrons. The molecule has 0 aliphatic heterocycles. The van der Waals surface area contributed by atoms with Crippen LogP contribution in [-0.2, 0) is 0 Å². The Kier molecular flexibility index (Phi) is 4.32. The van der Waals surface area contributed by atoms with E-state index in [1.54, 1.807) is 40.8 Å². The maximum absolute atomic E-state index is 12.7. The van der Waals surface area contributed by atoms with Gasteiger partial charge in [0.1, 0.15) is 10.5 Å². The van der Waals surface area contributed by atoms with E-state index in [9.17, 15) is 9.59 Å². The van der Waals surface area contributed by atoms with Crippen LogP contribution in [-0.4, -0.2) is 15.3 Å². The van der Waals surface area contributed by atoms with Crippen LogP contribution >= 0.6 is 46.8 Å². The van der Waals surface area contributed by atoms with Gasteiger partial charge in [0, 0.05) is 15.7 Å². The average molecular weight is 422 g/mol. The molecule has 0 saturated heterocycles. The van der Waals surface area contributed by atoms with Crippen molar-refractivity contribution in [3.05, 3.63) is 71.7 Å². The lowest BCUT2D eigenvalue weighted by molar-refractivity contribution is 0.103. The summed E-state index contributed by atoms with van der Waals surface area (Å²) in [5, 5.41) is 4.04. The first kappa shape index (κ1) is 17.2. The fraction of sp³-hybridized carbons (Fsp3) is 0. The Morgan fingerprint density at radius 1 is 1.15 bits per heavy atom. The van der Waals surface area contributed by atoms with Crippen molar-refractivity contribution < 1.29 is 4.79 Å². The molecule has 4 rings (SSSR count). The van der Waals surface area contributed by atoms with Crippen molar-refractivity contribution in [3.63, 3.8) is 0 Å². The van der Waals surface area contributed by atoms with Crippen LogP contribution in [0.5, 0.6) is 0 Å².